The number of nitriles is 1. The quantitative estimate of drug-likeness (QED) is 0.478. The van der Waals surface area contributed by atoms with Gasteiger partial charge in [0, 0.05) is 11.1 Å². The van der Waals surface area contributed by atoms with Gasteiger partial charge in [-0.05, 0) is 65.9 Å². The predicted molar refractivity (Wildman–Crippen MR) is 117 cm³/mol. The fourth-order valence-corrected chi connectivity index (χ4v) is 3.94. The Morgan fingerprint density at radius 2 is 1.19 bits per heavy atom. The molecule has 0 aromatic heterocycles. The van der Waals surface area contributed by atoms with E-state index in [2.05, 4.69) is 6.07 Å². The van der Waals surface area contributed by atoms with E-state index in [0.717, 1.165) is 5.56 Å². The molecule has 3 aromatic rings. The predicted octanol–water partition coefficient (Wildman–Crippen LogP) is 6.26. The van der Waals surface area contributed by atoms with Crippen molar-refractivity contribution in [1.29, 1.82) is 5.26 Å². The van der Waals surface area contributed by atoms with E-state index < -0.39 is 5.41 Å². The summed E-state index contributed by atoms with van der Waals surface area (Å²) >= 11 is 0. The highest BCUT2D eigenvalue weighted by atomic mass is 19.1. The molecular formula is C27H19F2NO. The Kier molecular flexibility index (Phi) is 5.60. The summed E-state index contributed by atoms with van der Waals surface area (Å²) in [6.45, 7) is 0. The molecule has 152 valence electrons. The summed E-state index contributed by atoms with van der Waals surface area (Å²) in [6, 6.07) is 23.6. The smallest absolute Gasteiger partial charge is 0.185 e. The second kappa shape index (κ2) is 8.49. The minimum Gasteiger partial charge on any atom is -0.289 e. The lowest BCUT2D eigenvalue weighted by Crippen LogP contribution is -2.33. The third kappa shape index (κ3) is 4.36. The van der Waals surface area contributed by atoms with E-state index in [-0.39, 0.29) is 30.3 Å². The van der Waals surface area contributed by atoms with Gasteiger partial charge in [0.25, 0.3) is 0 Å². The zero-order valence-corrected chi connectivity index (χ0v) is 16.7. The SMILES string of the molecule is N#CC1(c2ccccc2)C/C(=C/c2ccc(F)cc2)C(=O)/C(=C\c2ccc(F)cc2)C1. The lowest BCUT2D eigenvalue weighted by atomic mass is 9.66. The van der Waals surface area contributed by atoms with Crippen LogP contribution in [0.15, 0.2) is 90.0 Å². The number of Topliss-reactive ketones (excluding diaryl/α,β-unsaturated/α-hetero) is 1. The van der Waals surface area contributed by atoms with E-state index in [1.54, 1.807) is 36.4 Å². The fourth-order valence-electron chi connectivity index (χ4n) is 3.94. The third-order valence-corrected chi connectivity index (χ3v) is 5.53. The number of nitrogens with zero attached hydrogens (tertiary/aromatic N) is 1. The van der Waals surface area contributed by atoms with Gasteiger partial charge in [0.2, 0.25) is 0 Å². The molecule has 0 bridgehead atoms. The minimum atomic E-state index is -0.910. The van der Waals surface area contributed by atoms with E-state index in [0.29, 0.717) is 22.3 Å². The second-order valence-electron chi connectivity index (χ2n) is 7.68. The van der Waals surface area contributed by atoms with Crippen LogP contribution in [0.2, 0.25) is 0 Å². The summed E-state index contributed by atoms with van der Waals surface area (Å²) in [7, 11) is 0. The molecule has 0 N–H and O–H groups in total. The third-order valence-electron chi connectivity index (χ3n) is 5.53. The van der Waals surface area contributed by atoms with Gasteiger partial charge in [0.15, 0.2) is 5.78 Å². The number of benzene rings is 3. The number of hydrogen-bond acceptors (Lipinski definition) is 2. The van der Waals surface area contributed by atoms with Crippen molar-refractivity contribution in [3.05, 3.63) is 118 Å². The minimum absolute atomic E-state index is 0.157. The van der Waals surface area contributed by atoms with Gasteiger partial charge in [-0.3, -0.25) is 4.79 Å². The largest absolute Gasteiger partial charge is 0.289 e. The molecule has 0 unspecified atom stereocenters. The van der Waals surface area contributed by atoms with Crippen LogP contribution in [-0.2, 0) is 10.2 Å². The zero-order valence-electron chi connectivity index (χ0n) is 16.7. The van der Waals surface area contributed by atoms with Crippen LogP contribution in [0.25, 0.3) is 12.2 Å². The molecule has 31 heavy (non-hydrogen) atoms. The normalized spacial score (nSPS) is 21.3. The first-order valence-electron chi connectivity index (χ1n) is 9.93. The highest BCUT2D eigenvalue weighted by Gasteiger charge is 2.41. The highest BCUT2D eigenvalue weighted by molar-refractivity contribution is 6.14. The van der Waals surface area contributed by atoms with Crippen LogP contribution in [0, 0.1) is 23.0 Å². The Labute approximate surface area is 179 Å². The number of hydrogen-bond donors (Lipinski definition) is 0. The Hall–Kier alpha value is -3.84. The van der Waals surface area contributed by atoms with E-state index in [4.69, 9.17) is 0 Å². The van der Waals surface area contributed by atoms with Gasteiger partial charge in [-0.1, -0.05) is 54.6 Å². The van der Waals surface area contributed by atoms with Crippen LogP contribution in [0.4, 0.5) is 8.78 Å². The van der Waals surface area contributed by atoms with Gasteiger partial charge in [0.05, 0.1) is 11.5 Å². The number of carbonyl (C=O) groups is 1. The fraction of sp³-hybridized carbons (Fsp3) is 0.111. The first-order valence-corrected chi connectivity index (χ1v) is 9.93. The number of rotatable bonds is 3. The van der Waals surface area contributed by atoms with Crippen LogP contribution in [0.5, 0.6) is 0 Å². The average Bonchev–Trinajstić information content (AvgIpc) is 2.80. The Morgan fingerprint density at radius 3 is 1.61 bits per heavy atom. The van der Waals surface area contributed by atoms with Crippen molar-refractivity contribution in [1.82, 2.24) is 0 Å². The van der Waals surface area contributed by atoms with Gasteiger partial charge >= 0.3 is 0 Å². The van der Waals surface area contributed by atoms with Crippen molar-refractivity contribution >= 4 is 17.9 Å². The van der Waals surface area contributed by atoms with Gasteiger partial charge < -0.3 is 0 Å². The molecule has 0 aliphatic heterocycles. The highest BCUT2D eigenvalue weighted by Crippen LogP contribution is 2.43. The molecule has 1 aliphatic carbocycles. The summed E-state index contributed by atoms with van der Waals surface area (Å²) in [5.74, 6) is -0.871. The van der Waals surface area contributed by atoms with Crippen molar-refractivity contribution in [3.63, 3.8) is 0 Å². The average molecular weight is 411 g/mol. The van der Waals surface area contributed by atoms with Gasteiger partial charge in [-0.15, -0.1) is 0 Å². The van der Waals surface area contributed by atoms with Crippen molar-refractivity contribution in [3.8, 4) is 6.07 Å². The standard InChI is InChI=1S/C27H19F2NO/c28-24-10-6-19(7-11-24)14-21-16-27(18-30,23-4-2-1-3-5-23)17-22(26(21)31)15-20-8-12-25(29)13-9-20/h1-15H,16-17H2/b21-14-,22-15-. The molecular weight excluding hydrogens is 392 g/mol. The first kappa shape index (κ1) is 20.4. The molecule has 0 saturated heterocycles. The van der Waals surface area contributed by atoms with Crippen LogP contribution in [0.1, 0.15) is 29.5 Å². The molecule has 4 rings (SSSR count). The number of carbonyl (C=O) groups excluding carboxylic acids is 1. The number of ketones is 1. The maximum absolute atomic E-state index is 13.3. The van der Waals surface area contributed by atoms with Crippen molar-refractivity contribution < 1.29 is 13.6 Å². The van der Waals surface area contributed by atoms with Crippen molar-refractivity contribution in [2.75, 3.05) is 0 Å². The summed E-state index contributed by atoms with van der Waals surface area (Å²) in [4.78, 5) is 13.3. The van der Waals surface area contributed by atoms with E-state index in [1.807, 2.05) is 30.3 Å². The van der Waals surface area contributed by atoms with E-state index in [1.165, 1.54) is 24.3 Å². The Morgan fingerprint density at radius 1 is 0.742 bits per heavy atom. The number of allylic oxidation sites excluding steroid dienone is 2. The molecule has 0 radical (unpaired) electrons. The molecule has 3 aromatic carbocycles. The van der Waals surface area contributed by atoms with E-state index in [9.17, 15) is 18.8 Å². The maximum Gasteiger partial charge on any atom is 0.185 e. The van der Waals surface area contributed by atoms with Gasteiger partial charge in [-0.25, -0.2) is 8.78 Å². The lowest BCUT2D eigenvalue weighted by Gasteiger charge is -2.33. The summed E-state index contributed by atoms with van der Waals surface area (Å²) < 4.78 is 26.6. The molecule has 0 amide bonds. The van der Waals surface area contributed by atoms with Crippen molar-refractivity contribution in [2.45, 2.75) is 18.3 Å². The molecule has 0 heterocycles. The Bertz CT molecular complexity index is 1130. The lowest BCUT2D eigenvalue weighted by molar-refractivity contribution is -0.113. The van der Waals surface area contributed by atoms with E-state index >= 15 is 0 Å². The summed E-state index contributed by atoms with van der Waals surface area (Å²) in [5.41, 5.74) is 2.26. The molecule has 1 aliphatic rings. The van der Waals surface area contributed by atoms with Crippen LogP contribution >= 0.6 is 0 Å². The van der Waals surface area contributed by atoms with Crippen LogP contribution in [0.3, 0.4) is 0 Å². The number of halogens is 2. The maximum atomic E-state index is 13.3. The summed E-state index contributed by atoms with van der Waals surface area (Å²) in [6.07, 6.45) is 3.94. The first-order chi connectivity index (χ1) is 15.0. The molecule has 4 heteroatoms. The van der Waals surface area contributed by atoms with Crippen molar-refractivity contribution in [2.24, 2.45) is 0 Å². The topological polar surface area (TPSA) is 40.9 Å². The van der Waals surface area contributed by atoms with Gasteiger partial charge in [0.1, 0.15) is 11.6 Å². The van der Waals surface area contributed by atoms with Crippen LogP contribution in [-0.4, -0.2) is 5.78 Å². The second-order valence-corrected chi connectivity index (χ2v) is 7.68. The monoisotopic (exact) mass is 411 g/mol. The Balaban J connectivity index is 1.83. The molecule has 2 nitrogen and oxygen atoms in total. The van der Waals surface area contributed by atoms with Gasteiger partial charge in [-0.2, -0.15) is 5.26 Å². The van der Waals surface area contributed by atoms with Crippen LogP contribution < -0.4 is 0 Å². The molecule has 0 atom stereocenters. The molecule has 1 fully saturated rings. The molecule has 0 spiro atoms. The summed E-state index contributed by atoms with van der Waals surface area (Å²) in [5, 5.41) is 10.2. The zero-order chi connectivity index (χ0) is 21.8. The molecule has 1 saturated carbocycles.